The molecular formula is C21H21ClFN3O2S. The van der Waals surface area contributed by atoms with Crippen LogP contribution in [0.25, 0.3) is 11.5 Å². The van der Waals surface area contributed by atoms with Crippen molar-refractivity contribution in [1.29, 1.82) is 0 Å². The highest BCUT2D eigenvalue weighted by atomic mass is 35.5. The number of amides is 1. The van der Waals surface area contributed by atoms with Crippen LogP contribution in [0.1, 0.15) is 25.7 Å². The molecule has 3 aromatic rings. The number of carbonyl (C=O) groups is 1. The Morgan fingerprint density at radius 3 is 2.69 bits per heavy atom. The number of hydrogen-bond donors (Lipinski definition) is 0. The molecule has 0 unspecified atom stereocenters. The van der Waals surface area contributed by atoms with Crippen LogP contribution >= 0.6 is 23.4 Å². The second-order valence-corrected chi connectivity index (χ2v) is 7.87. The molecule has 152 valence electrons. The van der Waals surface area contributed by atoms with E-state index in [1.807, 2.05) is 19.1 Å². The van der Waals surface area contributed by atoms with Crippen molar-refractivity contribution >= 4 is 29.3 Å². The van der Waals surface area contributed by atoms with Crippen molar-refractivity contribution < 1.29 is 13.6 Å². The van der Waals surface area contributed by atoms with Gasteiger partial charge in [-0.05, 0) is 30.7 Å². The smallest absolute Gasteiger partial charge is 0.249 e. The maximum atomic E-state index is 13.7. The quantitative estimate of drug-likeness (QED) is 0.420. The first-order valence-electron chi connectivity index (χ1n) is 9.31. The van der Waals surface area contributed by atoms with E-state index in [0.717, 1.165) is 6.42 Å². The van der Waals surface area contributed by atoms with E-state index in [4.69, 9.17) is 16.0 Å². The summed E-state index contributed by atoms with van der Waals surface area (Å²) >= 11 is 7.50. The van der Waals surface area contributed by atoms with Gasteiger partial charge in [0.05, 0.1) is 17.1 Å². The van der Waals surface area contributed by atoms with Crippen molar-refractivity contribution in [2.24, 2.45) is 0 Å². The Kier molecular flexibility index (Phi) is 7.66. The molecule has 0 atom stereocenters. The zero-order valence-corrected chi connectivity index (χ0v) is 17.5. The van der Waals surface area contributed by atoms with Crippen molar-refractivity contribution in [2.45, 2.75) is 31.2 Å². The van der Waals surface area contributed by atoms with Crippen LogP contribution in [-0.2, 0) is 11.3 Å². The first-order valence-corrected chi connectivity index (χ1v) is 10.7. The number of rotatable bonds is 9. The summed E-state index contributed by atoms with van der Waals surface area (Å²) in [5.41, 5.74) is 0.655. The summed E-state index contributed by atoms with van der Waals surface area (Å²) in [6.07, 6.45) is 1.10. The fourth-order valence-electron chi connectivity index (χ4n) is 2.75. The highest BCUT2D eigenvalue weighted by molar-refractivity contribution is 7.99. The molecule has 0 radical (unpaired) electrons. The predicted molar refractivity (Wildman–Crippen MR) is 112 cm³/mol. The van der Waals surface area contributed by atoms with E-state index in [1.54, 1.807) is 35.2 Å². The van der Waals surface area contributed by atoms with Gasteiger partial charge in [-0.25, -0.2) is 4.39 Å². The lowest BCUT2D eigenvalue weighted by molar-refractivity contribution is -0.131. The fourth-order valence-corrected chi connectivity index (χ4v) is 3.85. The minimum atomic E-state index is -0.270. The second kappa shape index (κ2) is 10.4. The summed E-state index contributed by atoms with van der Waals surface area (Å²) in [6, 6.07) is 13.8. The third-order valence-corrected chi connectivity index (χ3v) is 5.53. The third kappa shape index (κ3) is 5.81. The topological polar surface area (TPSA) is 59.2 Å². The molecule has 0 aliphatic rings. The summed E-state index contributed by atoms with van der Waals surface area (Å²) in [7, 11) is 0. The van der Waals surface area contributed by atoms with Crippen molar-refractivity contribution in [3.63, 3.8) is 0 Å². The third-order valence-electron chi connectivity index (χ3n) is 4.15. The van der Waals surface area contributed by atoms with Gasteiger partial charge in [-0.1, -0.05) is 42.8 Å². The van der Waals surface area contributed by atoms with Gasteiger partial charge in [0.25, 0.3) is 0 Å². The van der Waals surface area contributed by atoms with Gasteiger partial charge >= 0.3 is 0 Å². The normalized spacial score (nSPS) is 10.9. The van der Waals surface area contributed by atoms with Crippen LogP contribution in [0.2, 0.25) is 5.02 Å². The standard InChI is InChI=1S/C21H21ClFN3O2S/c1-2-12-26(20(27)11-13-29-18-10-6-5-9-17(18)23)14-19-24-25-21(28-19)15-7-3-4-8-16(15)22/h3-10H,2,11-14H2,1H3. The van der Waals surface area contributed by atoms with E-state index in [2.05, 4.69) is 10.2 Å². The molecule has 0 bridgehead atoms. The Morgan fingerprint density at radius 1 is 1.17 bits per heavy atom. The average molecular weight is 434 g/mol. The van der Waals surface area contributed by atoms with Crippen molar-refractivity contribution in [1.82, 2.24) is 15.1 Å². The van der Waals surface area contributed by atoms with Gasteiger partial charge in [-0.15, -0.1) is 22.0 Å². The molecule has 0 aliphatic carbocycles. The molecule has 1 amide bonds. The molecule has 0 saturated heterocycles. The lowest BCUT2D eigenvalue weighted by Crippen LogP contribution is -2.31. The zero-order chi connectivity index (χ0) is 20.6. The Bertz CT molecular complexity index is 966. The number of thioether (sulfide) groups is 1. The lowest BCUT2D eigenvalue weighted by Gasteiger charge is -2.20. The van der Waals surface area contributed by atoms with Gasteiger partial charge in [-0.3, -0.25) is 4.79 Å². The van der Waals surface area contributed by atoms with E-state index in [-0.39, 0.29) is 18.3 Å². The van der Waals surface area contributed by atoms with Crippen LogP contribution in [0.3, 0.4) is 0 Å². The monoisotopic (exact) mass is 433 g/mol. The van der Waals surface area contributed by atoms with Gasteiger partial charge in [0.1, 0.15) is 5.82 Å². The Labute approximate surface area is 178 Å². The minimum Gasteiger partial charge on any atom is -0.419 e. The first-order chi connectivity index (χ1) is 14.1. The van der Waals surface area contributed by atoms with Crippen LogP contribution in [0.15, 0.2) is 57.8 Å². The van der Waals surface area contributed by atoms with Gasteiger partial charge < -0.3 is 9.32 Å². The highest BCUT2D eigenvalue weighted by Gasteiger charge is 2.18. The van der Waals surface area contributed by atoms with Crippen LogP contribution in [-0.4, -0.2) is 33.3 Å². The van der Waals surface area contributed by atoms with E-state index in [1.165, 1.54) is 17.8 Å². The summed E-state index contributed by atoms with van der Waals surface area (Å²) in [5, 5.41) is 8.62. The van der Waals surface area contributed by atoms with Crippen LogP contribution in [0.5, 0.6) is 0 Å². The van der Waals surface area contributed by atoms with Gasteiger partial charge in [0, 0.05) is 23.6 Å². The molecule has 0 spiro atoms. The fraction of sp³-hybridized carbons (Fsp3) is 0.286. The molecule has 1 aromatic heterocycles. The van der Waals surface area contributed by atoms with E-state index >= 15 is 0 Å². The van der Waals surface area contributed by atoms with Gasteiger partial charge in [0.2, 0.25) is 17.7 Å². The Balaban J connectivity index is 1.60. The summed E-state index contributed by atoms with van der Waals surface area (Å²) in [5.74, 6) is 0.865. The zero-order valence-electron chi connectivity index (χ0n) is 16.0. The molecule has 8 heteroatoms. The first kappa shape index (κ1) is 21.3. The molecule has 0 aliphatic heterocycles. The van der Waals surface area contributed by atoms with Crippen LogP contribution in [0.4, 0.5) is 4.39 Å². The molecule has 0 fully saturated rings. The van der Waals surface area contributed by atoms with Crippen LogP contribution < -0.4 is 0 Å². The lowest BCUT2D eigenvalue weighted by atomic mass is 10.2. The largest absolute Gasteiger partial charge is 0.419 e. The van der Waals surface area contributed by atoms with Crippen LogP contribution in [0, 0.1) is 5.82 Å². The number of nitrogens with zero attached hydrogens (tertiary/aromatic N) is 3. The number of aromatic nitrogens is 2. The van der Waals surface area contributed by atoms with Crippen molar-refractivity contribution in [3.05, 3.63) is 65.3 Å². The average Bonchev–Trinajstić information content (AvgIpc) is 3.17. The second-order valence-electron chi connectivity index (χ2n) is 6.32. The molecule has 5 nitrogen and oxygen atoms in total. The van der Waals surface area contributed by atoms with E-state index in [0.29, 0.717) is 46.0 Å². The predicted octanol–water partition coefficient (Wildman–Crippen LogP) is 5.45. The van der Waals surface area contributed by atoms with Crippen molar-refractivity contribution in [3.8, 4) is 11.5 Å². The van der Waals surface area contributed by atoms with Gasteiger partial charge in [-0.2, -0.15) is 0 Å². The summed E-state index contributed by atoms with van der Waals surface area (Å²) < 4.78 is 19.4. The molecule has 0 saturated carbocycles. The molecule has 2 aromatic carbocycles. The van der Waals surface area contributed by atoms with E-state index < -0.39 is 0 Å². The summed E-state index contributed by atoms with van der Waals surface area (Å²) in [6.45, 7) is 2.80. The molecule has 3 rings (SSSR count). The number of halogens is 2. The maximum absolute atomic E-state index is 13.7. The number of benzene rings is 2. The van der Waals surface area contributed by atoms with Crippen molar-refractivity contribution in [2.75, 3.05) is 12.3 Å². The highest BCUT2D eigenvalue weighted by Crippen LogP contribution is 2.26. The number of hydrogen-bond acceptors (Lipinski definition) is 5. The Hall–Kier alpha value is -2.38. The SMILES string of the molecule is CCCN(Cc1nnc(-c2ccccc2Cl)o1)C(=O)CCSc1ccccc1F. The maximum Gasteiger partial charge on any atom is 0.249 e. The molecular weight excluding hydrogens is 413 g/mol. The minimum absolute atomic E-state index is 0.0341. The Morgan fingerprint density at radius 2 is 1.93 bits per heavy atom. The van der Waals surface area contributed by atoms with E-state index in [9.17, 15) is 9.18 Å². The van der Waals surface area contributed by atoms with Gasteiger partial charge in [0.15, 0.2) is 0 Å². The molecule has 29 heavy (non-hydrogen) atoms. The number of carbonyl (C=O) groups excluding carboxylic acids is 1. The summed E-state index contributed by atoms with van der Waals surface area (Å²) in [4.78, 5) is 14.9. The molecule has 0 N–H and O–H groups in total. The molecule has 1 heterocycles.